The van der Waals surface area contributed by atoms with Gasteiger partial charge < -0.3 is 14.5 Å². The van der Waals surface area contributed by atoms with E-state index in [1.54, 1.807) is 0 Å². The van der Waals surface area contributed by atoms with E-state index in [1.165, 1.54) is 0 Å². The standard InChI is InChI=1S/C13H13Br2NO2/c14-12-8-11(18-13(12)15)9-16-6-7-17-10-4-2-1-3-5-10/h1-5,8,16H,6-7,9H2. The van der Waals surface area contributed by atoms with Crippen LogP contribution in [-0.4, -0.2) is 13.2 Å². The summed E-state index contributed by atoms with van der Waals surface area (Å²) < 4.78 is 12.7. The second-order valence-electron chi connectivity index (χ2n) is 3.67. The van der Waals surface area contributed by atoms with Crippen molar-refractivity contribution >= 4 is 31.9 Å². The Morgan fingerprint density at radius 3 is 2.61 bits per heavy atom. The molecule has 0 saturated heterocycles. The lowest BCUT2D eigenvalue weighted by molar-refractivity contribution is 0.310. The highest BCUT2D eigenvalue weighted by Gasteiger charge is 2.04. The predicted molar refractivity (Wildman–Crippen MR) is 77.8 cm³/mol. The van der Waals surface area contributed by atoms with E-state index in [-0.39, 0.29) is 0 Å². The van der Waals surface area contributed by atoms with E-state index in [1.807, 2.05) is 36.4 Å². The minimum atomic E-state index is 0.632. The molecule has 1 aromatic carbocycles. The normalized spacial score (nSPS) is 10.6. The summed E-state index contributed by atoms with van der Waals surface area (Å²) in [5.41, 5.74) is 0. The smallest absolute Gasteiger partial charge is 0.183 e. The lowest BCUT2D eigenvalue weighted by Gasteiger charge is -2.06. The number of halogens is 2. The lowest BCUT2D eigenvalue weighted by atomic mass is 10.3. The van der Waals surface area contributed by atoms with E-state index in [4.69, 9.17) is 9.15 Å². The zero-order chi connectivity index (χ0) is 12.8. The van der Waals surface area contributed by atoms with Gasteiger partial charge in [0.2, 0.25) is 0 Å². The van der Waals surface area contributed by atoms with Gasteiger partial charge in [0.05, 0.1) is 11.0 Å². The van der Waals surface area contributed by atoms with E-state index in [0.29, 0.717) is 13.2 Å². The Kier molecular flexibility index (Phi) is 5.28. The van der Waals surface area contributed by atoms with Crippen LogP contribution in [0.5, 0.6) is 5.75 Å². The van der Waals surface area contributed by atoms with E-state index < -0.39 is 0 Å². The largest absolute Gasteiger partial charge is 0.492 e. The van der Waals surface area contributed by atoms with Gasteiger partial charge in [-0.3, -0.25) is 0 Å². The van der Waals surface area contributed by atoms with E-state index in [9.17, 15) is 0 Å². The molecule has 1 heterocycles. The molecular weight excluding hydrogens is 362 g/mol. The van der Waals surface area contributed by atoms with Crippen molar-refractivity contribution in [2.45, 2.75) is 6.54 Å². The van der Waals surface area contributed by atoms with Crippen molar-refractivity contribution in [1.82, 2.24) is 5.32 Å². The molecule has 0 aliphatic rings. The number of ether oxygens (including phenoxy) is 1. The quantitative estimate of drug-likeness (QED) is 0.776. The molecule has 0 aliphatic carbocycles. The van der Waals surface area contributed by atoms with Crippen LogP contribution in [0.1, 0.15) is 5.76 Å². The number of furan rings is 1. The topological polar surface area (TPSA) is 34.4 Å². The summed E-state index contributed by atoms with van der Waals surface area (Å²) in [7, 11) is 0. The first-order chi connectivity index (χ1) is 8.75. The molecule has 0 unspecified atom stereocenters. The molecule has 0 saturated carbocycles. The highest BCUT2D eigenvalue weighted by Crippen LogP contribution is 2.26. The number of benzene rings is 1. The Bertz CT molecular complexity index is 465. The fraction of sp³-hybridized carbons (Fsp3) is 0.231. The molecule has 0 bridgehead atoms. The van der Waals surface area contributed by atoms with Crippen molar-refractivity contribution in [3.05, 3.63) is 51.3 Å². The van der Waals surface area contributed by atoms with Crippen molar-refractivity contribution in [2.24, 2.45) is 0 Å². The number of para-hydroxylation sites is 1. The molecule has 0 amide bonds. The third-order valence-electron chi connectivity index (χ3n) is 2.29. The summed E-state index contributed by atoms with van der Waals surface area (Å²) in [5.74, 6) is 1.77. The van der Waals surface area contributed by atoms with Gasteiger partial charge in [0.15, 0.2) is 4.67 Å². The van der Waals surface area contributed by atoms with Crippen LogP contribution in [0.2, 0.25) is 0 Å². The van der Waals surface area contributed by atoms with Crippen LogP contribution < -0.4 is 10.1 Å². The third-order valence-corrected chi connectivity index (χ3v) is 4.00. The predicted octanol–water partition coefficient (Wildman–Crippen LogP) is 3.97. The second-order valence-corrected chi connectivity index (χ2v) is 5.25. The molecule has 18 heavy (non-hydrogen) atoms. The summed E-state index contributed by atoms with van der Waals surface area (Å²) in [6.07, 6.45) is 0. The fourth-order valence-electron chi connectivity index (χ4n) is 1.45. The highest BCUT2D eigenvalue weighted by atomic mass is 79.9. The molecule has 2 rings (SSSR count). The molecule has 0 spiro atoms. The van der Waals surface area contributed by atoms with Crippen molar-refractivity contribution in [3.8, 4) is 5.75 Å². The Morgan fingerprint density at radius 1 is 1.17 bits per heavy atom. The maximum Gasteiger partial charge on any atom is 0.183 e. The Hall–Kier alpha value is -0.780. The second kappa shape index (κ2) is 6.97. The van der Waals surface area contributed by atoms with Crippen molar-refractivity contribution in [1.29, 1.82) is 0 Å². The van der Waals surface area contributed by atoms with Gasteiger partial charge in [-0.15, -0.1) is 0 Å². The van der Waals surface area contributed by atoms with Crippen LogP contribution in [0, 0.1) is 0 Å². The van der Waals surface area contributed by atoms with Crippen LogP contribution in [-0.2, 0) is 6.54 Å². The van der Waals surface area contributed by atoms with E-state index in [0.717, 1.165) is 27.2 Å². The SMILES string of the molecule is Brc1cc(CNCCOc2ccccc2)oc1Br. The zero-order valence-corrected chi connectivity index (χ0v) is 12.8. The van der Waals surface area contributed by atoms with Gasteiger partial charge in [-0.25, -0.2) is 0 Å². The van der Waals surface area contributed by atoms with E-state index in [2.05, 4.69) is 37.2 Å². The Morgan fingerprint density at radius 2 is 1.94 bits per heavy atom. The van der Waals surface area contributed by atoms with E-state index >= 15 is 0 Å². The minimum Gasteiger partial charge on any atom is -0.492 e. The summed E-state index contributed by atoms with van der Waals surface area (Å²) in [5, 5.41) is 3.25. The minimum absolute atomic E-state index is 0.632. The van der Waals surface area contributed by atoms with Gasteiger partial charge in [-0.1, -0.05) is 18.2 Å². The molecule has 0 fully saturated rings. The van der Waals surface area contributed by atoms with Gasteiger partial charge in [0, 0.05) is 6.54 Å². The van der Waals surface area contributed by atoms with Crippen LogP contribution in [0.25, 0.3) is 0 Å². The van der Waals surface area contributed by atoms with Gasteiger partial charge in [0.25, 0.3) is 0 Å². The molecule has 1 N–H and O–H groups in total. The average molecular weight is 375 g/mol. The molecular formula is C13H13Br2NO2. The first-order valence-electron chi connectivity index (χ1n) is 5.58. The molecule has 0 radical (unpaired) electrons. The first-order valence-corrected chi connectivity index (χ1v) is 7.16. The molecule has 0 atom stereocenters. The number of rotatable bonds is 6. The fourth-order valence-corrected chi connectivity index (χ4v) is 2.11. The monoisotopic (exact) mass is 373 g/mol. The van der Waals surface area contributed by atoms with Crippen LogP contribution in [0.15, 0.2) is 50.0 Å². The summed E-state index contributed by atoms with van der Waals surface area (Å²) in [6, 6.07) is 11.7. The highest BCUT2D eigenvalue weighted by molar-refractivity contribution is 9.13. The maximum absolute atomic E-state index is 5.56. The van der Waals surface area contributed by atoms with Crippen molar-refractivity contribution in [2.75, 3.05) is 13.2 Å². The Balaban J connectivity index is 1.64. The number of hydrogen-bond acceptors (Lipinski definition) is 3. The molecule has 0 aliphatic heterocycles. The number of hydrogen-bond donors (Lipinski definition) is 1. The summed E-state index contributed by atoms with van der Waals surface area (Å²) in [4.78, 5) is 0. The maximum atomic E-state index is 5.56. The van der Waals surface area contributed by atoms with Gasteiger partial charge >= 0.3 is 0 Å². The first kappa shape index (κ1) is 13.6. The van der Waals surface area contributed by atoms with Crippen LogP contribution in [0.3, 0.4) is 0 Å². The van der Waals surface area contributed by atoms with Gasteiger partial charge in [0.1, 0.15) is 18.1 Å². The molecule has 1 aromatic heterocycles. The molecule has 5 heteroatoms. The van der Waals surface area contributed by atoms with Gasteiger partial charge in [-0.05, 0) is 50.1 Å². The van der Waals surface area contributed by atoms with Crippen LogP contribution in [0.4, 0.5) is 0 Å². The average Bonchev–Trinajstić information content (AvgIpc) is 2.70. The third kappa shape index (κ3) is 4.15. The lowest BCUT2D eigenvalue weighted by Crippen LogP contribution is -2.20. The van der Waals surface area contributed by atoms with Gasteiger partial charge in [-0.2, -0.15) is 0 Å². The summed E-state index contributed by atoms with van der Waals surface area (Å²) in [6.45, 7) is 2.08. The van der Waals surface area contributed by atoms with Crippen molar-refractivity contribution < 1.29 is 9.15 Å². The molecule has 3 nitrogen and oxygen atoms in total. The Labute approximate surface area is 123 Å². The molecule has 2 aromatic rings. The molecule has 96 valence electrons. The number of nitrogens with one attached hydrogen (secondary N) is 1. The zero-order valence-electron chi connectivity index (χ0n) is 9.66. The van der Waals surface area contributed by atoms with Crippen molar-refractivity contribution in [3.63, 3.8) is 0 Å². The van der Waals surface area contributed by atoms with Crippen LogP contribution >= 0.6 is 31.9 Å². The summed E-state index contributed by atoms with van der Waals surface area (Å²) >= 11 is 6.68.